The van der Waals surface area contributed by atoms with Gasteiger partial charge in [-0.25, -0.2) is 0 Å². The van der Waals surface area contributed by atoms with Crippen LogP contribution in [0, 0.1) is 0 Å². The molecule has 1 N–H and O–H groups in total. The van der Waals surface area contributed by atoms with Crippen molar-refractivity contribution in [3.05, 3.63) is 145 Å². The van der Waals surface area contributed by atoms with Gasteiger partial charge in [0.2, 0.25) is 0 Å². The van der Waals surface area contributed by atoms with Crippen LogP contribution in [0.25, 0.3) is 44.1 Å². The van der Waals surface area contributed by atoms with Crippen molar-refractivity contribution in [3.63, 3.8) is 0 Å². The summed E-state index contributed by atoms with van der Waals surface area (Å²) in [6, 6.07) is 45.8. The van der Waals surface area contributed by atoms with E-state index >= 15 is 0 Å². The Labute approximate surface area is 223 Å². The molecule has 2 unspecified atom stereocenters. The van der Waals surface area contributed by atoms with Crippen molar-refractivity contribution in [2.75, 3.05) is 7.05 Å². The Bertz CT molecular complexity index is 1710. The molecule has 0 spiro atoms. The summed E-state index contributed by atoms with van der Waals surface area (Å²) >= 11 is 0. The quantitative estimate of drug-likeness (QED) is 0.267. The van der Waals surface area contributed by atoms with Crippen LogP contribution in [-0.4, -0.2) is 16.5 Å². The molecule has 1 aliphatic rings. The fourth-order valence-corrected chi connectivity index (χ4v) is 5.71. The molecule has 3 heteroatoms. The van der Waals surface area contributed by atoms with E-state index < -0.39 is 0 Å². The maximum atomic E-state index is 3.92. The normalized spacial score (nSPS) is 17.3. The van der Waals surface area contributed by atoms with E-state index in [0.29, 0.717) is 0 Å². The first-order valence-electron chi connectivity index (χ1n) is 13.2. The zero-order valence-corrected chi connectivity index (χ0v) is 21.3. The Morgan fingerprint density at radius 2 is 1.11 bits per heavy atom. The molecule has 0 saturated carbocycles. The molecule has 2 atom stereocenters. The van der Waals surface area contributed by atoms with Crippen molar-refractivity contribution in [1.29, 1.82) is 0 Å². The summed E-state index contributed by atoms with van der Waals surface area (Å²) in [5.74, 6) is 0. The van der Waals surface area contributed by atoms with Gasteiger partial charge in [-0.3, -0.25) is 5.32 Å². The van der Waals surface area contributed by atoms with Crippen molar-refractivity contribution in [2.24, 2.45) is 0 Å². The molecule has 0 fully saturated rings. The van der Waals surface area contributed by atoms with Gasteiger partial charge in [0, 0.05) is 17.8 Å². The van der Waals surface area contributed by atoms with Crippen LogP contribution in [0.3, 0.4) is 0 Å². The van der Waals surface area contributed by atoms with Crippen LogP contribution in [0.2, 0.25) is 0 Å². The van der Waals surface area contributed by atoms with Crippen molar-refractivity contribution in [2.45, 2.75) is 12.3 Å². The average Bonchev–Trinajstić information content (AvgIpc) is 3.32. The number of aromatic nitrogens is 1. The highest BCUT2D eigenvalue weighted by molar-refractivity contribution is 6.08. The van der Waals surface area contributed by atoms with Crippen LogP contribution in [0.5, 0.6) is 0 Å². The maximum Gasteiger partial charge on any atom is 0.162 e. The molecule has 2 heterocycles. The number of hydrogen-bond acceptors (Lipinski definition) is 2. The molecule has 0 aliphatic carbocycles. The fourth-order valence-electron chi connectivity index (χ4n) is 5.71. The first-order chi connectivity index (χ1) is 18.8. The third kappa shape index (κ3) is 3.89. The molecule has 5 aromatic carbocycles. The molecule has 0 saturated heterocycles. The van der Waals surface area contributed by atoms with E-state index in [1.54, 1.807) is 0 Å². The number of hydrogen-bond donors (Lipinski definition) is 1. The summed E-state index contributed by atoms with van der Waals surface area (Å²) in [4.78, 5) is 2.25. The van der Waals surface area contributed by atoms with Crippen LogP contribution in [0.4, 0.5) is 0 Å². The summed E-state index contributed by atoms with van der Waals surface area (Å²) in [6.07, 6.45) is 4.45. The van der Waals surface area contributed by atoms with Gasteiger partial charge in [-0.2, -0.15) is 0 Å². The minimum Gasteiger partial charge on any atom is -0.348 e. The van der Waals surface area contributed by atoms with Gasteiger partial charge in [-0.15, -0.1) is 0 Å². The standard InChI is InChI=1S/C35H29N3/c1-37-23-22-32(36-35(37)38-33-16-7-5-14-30(33)31-15-6-8-17-34(31)38)29-13-9-12-28(24-29)27-20-18-26(19-21-27)25-10-3-2-4-11-25/h2-24,32,35-36H,1H3. The molecule has 3 nitrogen and oxygen atoms in total. The lowest BCUT2D eigenvalue weighted by molar-refractivity contribution is 0.179. The third-order valence-corrected chi connectivity index (χ3v) is 7.66. The Balaban J connectivity index is 1.22. The predicted octanol–water partition coefficient (Wildman–Crippen LogP) is 8.37. The number of fused-ring (bicyclic) bond motifs is 3. The number of nitrogens with zero attached hydrogens (tertiary/aromatic N) is 2. The number of rotatable bonds is 4. The van der Waals surface area contributed by atoms with E-state index in [1.165, 1.54) is 49.6 Å². The lowest BCUT2D eigenvalue weighted by Crippen LogP contribution is -2.41. The lowest BCUT2D eigenvalue weighted by atomic mass is 9.97. The highest BCUT2D eigenvalue weighted by Crippen LogP contribution is 2.35. The van der Waals surface area contributed by atoms with Crippen molar-refractivity contribution >= 4 is 21.8 Å². The van der Waals surface area contributed by atoms with Crippen molar-refractivity contribution < 1.29 is 0 Å². The Morgan fingerprint density at radius 3 is 1.79 bits per heavy atom. The molecule has 6 aromatic rings. The van der Waals surface area contributed by atoms with Gasteiger partial charge >= 0.3 is 0 Å². The van der Waals surface area contributed by atoms with Crippen LogP contribution in [-0.2, 0) is 0 Å². The SMILES string of the molecule is CN1C=CC(c2cccc(-c3ccc(-c4ccccc4)cc3)c2)NC1n1c2ccccc2c2ccccc21. The molecule has 38 heavy (non-hydrogen) atoms. The Morgan fingerprint density at radius 1 is 0.553 bits per heavy atom. The second-order valence-corrected chi connectivity index (χ2v) is 10.00. The summed E-state index contributed by atoms with van der Waals surface area (Å²) in [6.45, 7) is 0. The Hall–Kier alpha value is -4.60. The minimum absolute atomic E-state index is 0.0105. The highest BCUT2D eigenvalue weighted by Gasteiger charge is 2.26. The maximum absolute atomic E-state index is 3.92. The fraction of sp³-hybridized carbons (Fsp3) is 0.0857. The highest BCUT2D eigenvalue weighted by atomic mass is 15.4. The Kier molecular flexibility index (Phi) is 5.57. The largest absolute Gasteiger partial charge is 0.348 e. The predicted molar refractivity (Wildman–Crippen MR) is 159 cm³/mol. The van der Waals surface area contributed by atoms with E-state index in [9.17, 15) is 0 Å². The second-order valence-electron chi connectivity index (χ2n) is 10.00. The second kappa shape index (κ2) is 9.37. The number of para-hydroxylation sites is 2. The van der Waals surface area contributed by atoms with E-state index in [4.69, 9.17) is 0 Å². The van der Waals surface area contributed by atoms with Gasteiger partial charge < -0.3 is 9.47 Å². The van der Waals surface area contributed by atoms with Crippen LogP contribution < -0.4 is 5.32 Å². The summed E-state index contributed by atoms with van der Waals surface area (Å²) in [7, 11) is 2.14. The van der Waals surface area contributed by atoms with Crippen LogP contribution in [0.1, 0.15) is 17.9 Å². The van der Waals surface area contributed by atoms with E-state index in [2.05, 4.69) is 162 Å². The number of nitrogens with one attached hydrogen (secondary N) is 1. The molecule has 184 valence electrons. The van der Waals surface area contributed by atoms with Crippen molar-refractivity contribution in [1.82, 2.24) is 14.8 Å². The van der Waals surface area contributed by atoms with E-state index in [0.717, 1.165) is 0 Å². The van der Waals surface area contributed by atoms with Crippen LogP contribution in [0.15, 0.2) is 140 Å². The summed E-state index contributed by atoms with van der Waals surface area (Å²) < 4.78 is 2.42. The molecular weight excluding hydrogens is 462 g/mol. The summed E-state index contributed by atoms with van der Waals surface area (Å²) in [5.41, 5.74) is 8.65. The van der Waals surface area contributed by atoms with Gasteiger partial charge in [0.05, 0.1) is 17.1 Å². The molecule has 0 bridgehead atoms. The summed E-state index contributed by atoms with van der Waals surface area (Å²) in [5, 5.41) is 6.48. The first kappa shape index (κ1) is 22.6. The van der Waals surface area contributed by atoms with Gasteiger partial charge in [0.15, 0.2) is 6.29 Å². The van der Waals surface area contributed by atoms with E-state index in [1.807, 2.05) is 0 Å². The molecule has 7 rings (SSSR count). The minimum atomic E-state index is -0.0105. The van der Waals surface area contributed by atoms with Crippen molar-refractivity contribution in [3.8, 4) is 22.3 Å². The zero-order chi connectivity index (χ0) is 25.5. The molecule has 0 radical (unpaired) electrons. The molecule has 1 aliphatic heterocycles. The zero-order valence-electron chi connectivity index (χ0n) is 21.3. The molecule has 0 amide bonds. The smallest absolute Gasteiger partial charge is 0.162 e. The lowest BCUT2D eigenvalue weighted by Gasteiger charge is -2.37. The molecular formula is C35H29N3. The number of benzene rings is 5. The monoisotopic (exact) mass is 491 g/mol. The average molecular weight is 492 g/mol. The molecule has 1 aromatic heterocycles. The first-order valence-corrected chi connectivity index (χ1v) is 13.2. The van der Waals surface area contributed by atoms with Gasteiger partial charge in [-0.1, -0.05) is 109 Å². The van der Waals surface area contributed by atoms with Gasteiger partial charge in [0.25, 0.3) is 0 Å². The van der Waals surface area contributed by atoms with Gasteiger partial charge in [0.1, 0.15) is 0 Å². The topological polar surface area (TPSA) is 20.2 Å². The third-order valence-electron chi connectivity index (χ3n) is 7.66. The van der Waals surface area contributed by atoms with Crippen LogP contribution >= 0.6 is 0 Å². The van der Waals surface area contributed by atoms with E-state index in [-0.39, 0.29) is 12.3 Å². The van der Waals surface area contributed by atoms with Gasteiger partial charge in [-0.05, 0) is 58.3 Å².